The van der Waals surface area contributed by atoms with Crippen molar-refractivity contribution >= 4 is 61.7 Å². The van der Waals surface area contributed by atoms with E-state index in [9.17, 15) is 14.4 Å². The zero-order chi connectivity index (χ0) is 32.1. The second kappa shape index (κ2) is 12.0. The summed E-state index contributed by atoms with van der Waals surface area (Å²) < 4.78 is 23.8. The van der Waals surface area contributed by atoms with Crippen molar-refractivity contribution < 1.29 is 23.5 Å². The number of nitrogens with zero attached hydrogens (tertiary/aromatic N) is 4. The van der Waals surface area contributed by atoms with Crippen molar-refractivity contribution in [1.82, 2.24) is 19.4 Å². The number of ether oxygens (including phenoxy) is 1. The predicted molar refractivity (Wildman–Crippen MR) is 174 cm³/mol. The van der Waals surface area contributed by atoms with Gasteiger partial charge < -0.3 is 19.5 Å². The summed E-state index contributed by atoms with van der Waals surface area (Å²) in [5.74, 6) is -0.829. The van der Waals surface area contributed by atoms with Gasteiger partial charge in [-0.2, -0.15) is 0 Å². The van der Waals surface area contributed by atoms with Crippen LogP contribution in [0.15, 0.2) is 83.7 Å². The van der Waals surface area contributed by atoms with Crippen molar-refractivity contribution in [3.05, 3.63) is 100 Å². The SMILES string of the molecule is CC(=O)c1cn(CC(=O)N2C3C[C@@H]3C[C@H]2C(=O)Nc2cccc(-c3ccccc3Cl)c2F)c2ccc(Oc3ncc(Br)cn3)cc12. The summed E-state index contributed by atoms with van der Waals surface area (Å²) in [5, 5.41) is 3.73. The second-order valence-corrected chi connectivity index (χ2v) is 12.8. The quantitative estimate of drug-likeness (QED) is 0.171. The highest BCUT2D eigenvalue weighted by Crippen LogP contribution is 2.48. The molecule has 0 radical (unpaired) electrons. The van der Waals surface area contributed by atoms with Gasteiger partial charge in [-0.05, 0) is 71.9 Å². The van der Waals surface area contributed by atoms with Crippen molar-refractivity contribution in [2.45, 2.75) is 38.4 Å². The van der Waals surface area contributed by atoms with Gasteiger partial charge in [0, 0.05) is 57.2 Å². The molecule has 1 N–H and O–H groups in total. The Morgan fingerprint density at radius 2 is 1.80 bits per heavy atom. The molecule has 12 heteroatoms. The van der Waals surface area contributed by atoms with E-state index in [2.05, 4.69) is 31.2 Å². The Hall–Kier alpha value is -4.61. The van der Waals surface area contributed by atoms with Crippen LogP contribution in [0, 0.1) is 11.7 Å². The molecule has 0 bridgehead atoms. The zero-order valence-electron chi connectivity index (χ0n) is 24.4. The van der Waals surface area contributed by atoms with Gasteiger partial charge in [0.05, 0.1) is 10.2 Å². The van der Waals surface area contributed by atoms with E-state index >= 15 is 4.39 Å². The molecule has 1 unspecified atom stereocenters. The van der Waals surface area contributed by atoms with Crippen LogP contribution in [0.25, 0.3) is 22.0 Å². The van der Waals surface area contributed by atoms with Gasteiger partial charge >= 0.3 is 6.01 Å². The molecule has 2 fully saturated rings. The number of halogens is 3. The fourth-order valence-corrected chi connectivity index (χ4v) is 6.66. The van der Waals surface area contributed by atoms with E-state index in [0.29, 0.717) is 43.7 Å². The molecule has 1 aliphatic carbocycles. The van der Waals surface area contributed by atoms with Crippen LogP contribution in [0.4, 0.5) is 10.1 Å². The van der Waals surface area contributed by atoms with E-state index in [4.69, 9.17) is 16.3 Å². The number of Topliss-reactive ketones (excluding diaryl/α,β-unsaturated/α-hetero) is 1. The molecule has 3 aromatic carbocycles. The largest absolute Gasteiger partial charge is 0.424 e. The lowest BCUT2D eigenvalue weighted by molar-refractivity contribution is -0.138. The Labute approximate surface area is 276 Å². The number of anilines is 1. The fraction of sp³-hybridized carbons (Fsp3) is 0.206. The summed E-state index contributed by atoms with van der Waals surface area (Å²) in [4.78, 5) is 49.8. The first kappa shape index (κ1) is 30.1. The van der Waals surface area contributed by atoms with Crippen molar-refractivity contribution in [3.8, 4) is 22.9 Å². The van der Waals surface area contributed by atoms with Crippen LogP contribution in [0.5, 0.6) is 11.8 Å². The van der Waals surface area contributed by atoms with Gasteiger partial charge in [0.1, 0.15) is 18.3 Å². The molecule has 7 rings (SSSR count). The van der Waals surface area contributed by atoms with E-state index in [1.54, 1.807) is 82.7 Å². The van der Waals surface area contributed by atoms with Crippen LogP contribution in [0.3, 0.4) is 0 Å². The Balaban J connectivity index is 1.12. The summed E-state index contributed by atoms with van der Waals surface area (Å²) in [6.45, 7) is 1.38. The second-order valence-electron chi connectivity index (χ2n) is 11.4. The maximum absolute atomic E-state index is 15.6. The Bertz CT molecular complexity index is 2030. The molecule has 2 aliphatic rings. The molecule has 9 nitrogen and oxygen atoms in total. The van der Waals surface area contributed by atoms with Crippen LogP contribution in [-0.4, -0.2) is 49.1 Å². The number of nitrogens with one attached hydrogen (secondary N) is 1. The average Bonchev–Trinajstić information content (AvgIpc) is 3.55. The zero-order valence-corrected chi connectivity index (χ0v) is 26.8. The summed E-state index contributed by atoms with van der Waals surface area (Å²) in [6, 6.07) is 16.2. The smallest absolute Gasteiger partial charge is 0.321 e. The van der Waals surface area contributed by atoms with Gasteiger partial charge in [0.15, 0.2) is 11.6 Å². The third-order valence-corrected chi connectivity index (χ3v) is 9.20. The minimum Gasteiger partial charge on any atom is -0.424 e. The normalized spacial score (nSPS) is 18.3. The van der Waals surface area contributed by atoms with Crippen LogP contribution >= 0.6 is 27.5 Å². The highest BCUT2D eigenvalue weighted by Gasteiger charge is 2.56. The molecule has 1 saturated heterocycles. The summed E-state index contributed by atoms with van der Waals surface area (Å²) in [7, 11) is 0. The number of rotatable bonds is 8. The molecule has 5 aromatic rings. The first-order valence-corrected chi connectivity index (χ1v) is 15.8. The molecule has 3 heterocycles. The van der Waals surface area contributed by atoms with E-state index in [1.165, 1.54) is 13.0 Å². The molecular formula is C34H26BrClFN5O4. The van der Waals surface area contributed by atoms with E-state index < -0.39 is 17.8 Å². The number of carbonyl (C=O) groups is 3. The Morgan fingerprint density at radius 3 is 2.57 bits per heavy atom. The van der Waals surface area contributed by atoms with Crippen LogP contribution < -0.4 is 10.1 Å². The minimum atomic E-state index is -0.750. The number of amides is 2. The van der Waals surface area contributed by atoms with Crippen molar-refractivity contribution in [2.24, 2.45) is 5.92 Å². The number of likely N-dealkylation sites (tertiary alicyclic amines) is 1. The molecule has 1 aliphatic heterocycles. The molecule has 232 valence electrons. The summed E-state index contributed by atoms with van der Waals surface area (Å²) in [5.41, 5.74) is 1.89. The van der Waals surface area contributed by atoms with E-state index in [-0.39, 0.29) is 47.5 Å². The van der Waals surface area contributed by atoms with Crippen LogP contribution in [0.1, 0.15) is 30.1 Å². The van der Waals surface area contributed by atoms with Crippen molar-refractivity contribution in [2.75, 3.05) is 5.32 Å². The number of hydrogen-bond donors (Lipinski definition) is 1. The molecule has 0 spiro atoms. The minimum absolute atomic E-state index is 0.0180. The Morgan fingerprint density at radius 1 is 1.04 bits per heavy atom. The van der Waals surface area contributed by atoms with Crippen LogP contribution in [0.2, 0.25) is 5.02 Å². The maximum Gasteiger partial charge on any atom is 0.321 e. The molecule has 2 aromatic heterocycles. The van der Waals surface area contributed by atoms with Crippen molar-refractivity contribution in [3.63, 3.8) is 0 Å². The number of benzene rings is 3. The highest BCUT2D eigenvalue weighted by atomic mass is 79.9. The topological polar surface area (TPSA) is 106 Å². The molecule has 3 atom stereocenters. The predicted octanol–water partition coefficient (Wildman–Crippen LogP) is 7.28. The molecule has 2 amide bonds. The molecule has 1 saturated carbocycles. The van der Waals surface area contributed by atoms with Crippen LogP contribution in [-0.2, 0) is 16.1 Å². The number of carbonyl (C=O) groups excluding carboxylic acids is 3. The third-order valence-electron chi connectivity index (χ3n) is 8.46. The fourth-order valence-electron chi connectivity index (χ4n) is 6.22. The maximum atomic E-state index is 15.6. The number of piperidine rings is 1. The molecule has 46 heavy (non-hydrogen) atoms. The van der Waals surface area contributed by atoms with E-state index in [1.807, 2.05) is 0 Å². The summed E-state index contributed by atoms with van der Waals surface area (Å²) >= 11 is 9.59. The van der Waals surface area contributed by atoms with Gasteiger partial charge in [-0.15, -0.1) is 0 Å². The highest BCUT2D eigenvalue weighted by molar-refractivity contribution is 9.10. The summed E-state index contributed by atoms with van der Waals surface area (Å²) in [6.07, 6.45) is 6.09. The first-order valence-electron chi connectivity index (χ1n) is 14.6. The monoisotopic (exact) mass is 701 g/mol. The van der Waals surface area contributed by atoms with Gasteiger partial charge in [-0.3, -0.25) is 14.4 Å². The van der Waals surface area contributed by atoms with Gasteiger partial charge in [-0.25, -0.2) is 14.4 Å². The number of hydrogen-bond acceptors (Lipinski definition) is 6. The lowest BCUT2D eigenvalue weighted by Gasteiger charge is -2.27. The first-order chi connectivity index (χ1) is 22.2. The number of aromatic nitrogens is 3. The van der Waals surface area contributed by atoms with E-state index in [0.717, 1.165) is 6.42 Å². The third kappa shape index (κ3) is 5.65. The van der Waals surface area contributed by atoms with Gasteiger partial charge in [0.2, 0.25) is 11.8 Å². The average molecular weight is 703 g/mol. The Kier molecular flexibility index (Phi) is 7.82. The lowest BCUT2D eigenvalue weighted by Crippen LogP contribution is -2.46. The lowest BCUT2D eigenvalue weighted by atomic mass is 10.0. The standard InChI is InChI=1S/C34H26BrClFN5O4/c1-18(43)25-16-41(28-10-9-21(13-24(25)28)46-34-38-14-20(35)15-39-34)17-31(44)42-29-11-19(29)12-30(42)33(45)40-27-8-4-6-23(32(27)37)22-5-2-3-7-26(22)36/h2-10,13-16,19,29-30H,11-12,17H2,1H3,(H,40,45)/t19-,29?,30+/m1/s1. The molecular weight excluding hydrogens is 677 g/mol. The van der Waals surface area contributed by atoms with Gasteiger partial charge in [0.25, 0.3) is 0 Å². The number of ketones is 1. The van der Waals surface area contributed by atoms with Crippen molar-refractivity contribution in [1.29, 1.82) is 0 Å². The van der Waals surface area contributed by atoms with Gasteiger partial charge in [-0.1, -0.05) is 41.9 Å². The number of fused-ring (bicyclic) bond motifs is 2.